The summed E-state index contributed by atoms with van der Waals surface area (Å²) < 4.78 is 34.5. The third-order valence-corrected chi connectivity index (χ3v) is 4.82. The van der Waals surface area contributed by atoms with Crippen LogP contribution in [0.3, 0.4) is 0 Å². The number of hydrogen-bond donors (Lipinski definition) is 1. The van der Waals surface area contributed by atoms with E-state index < -0.39 is 17.6 Å². The number of ether oxygens (including phenoxy) is 1. The minimum absolute atomic E-state index is 0.0456. The van der Waals surface area contributed by atoms with Crippen LogP contribution in [0.5, 0.6) is 0 Å². The van der Waals surface area contributed by atoms with Gasteiger partial charge in [0.15, 0.2) is 0 Å². The number of rotatable bonds is 11. The van der Waals surface area contributed by atoms with Crippen LogP contribution >= 0.6 is 0 Å². The maximum atomic E-state index is 14.4. The van der Waals surface area contributed by atoms with Crippen LogP contribution in [-0.4, -0.2) is 37.5 Å². The average Bonchev–Trinajstić information content (AvgIpc) is 3.16. The molecule has 5 nitrogen and oxygen atoms in total. The van der Waals surface area contributed by atoms with E-state index in [1.165, 1.54) is 17.0 Å². The molecular formula is C22H28F2N2O3. The number of aliphatic carboxylic acids is 1. The fraction of sp³-hybridized carbons (Fsp3) is 0.455. The van der Waals surface area contributed by atoms with E-state index >= 15 is 0 Å². The van der Waals surface area contributed by atoms with Crippen molar-refractivity contribution in [3.63, 3.8) is 0 Å². The first-order valence-electron chi connectivity index (χ1n) is 9.81. The monoisotopic (exact) mass is 406 g/mol. The normalized spacial score (nSPS) is 15.1. The summed E-state index contributed by atoms with van der Waals surface area (Å²) in [7, 11) is 1.54. The van der Waals surface area contributed by atoms with E-state index in [-0.39, 0.29) is 24.8 Å². The Hall–Kier alpha value is -2.70. The Morgan fingerprint density at radius 2 is 2.00 bits per heavy atom. The molecule has 0 bridgehead atoms. The van der Waals surface area contributed by atoms with Crippen molar-refractivity contribution in [3.8, 4) is 0 Å². The SMILES string of the molecule is C=N/C(=C\C=C/Cc1cc(F)c(N(C)CCCC(=O)O)c(F)c1)OC1CCCC1. The third kappa shape index (κ3) is 7.33. The number of carboxylic acid groups (broad SMARTS) is 1. The lowest BCUT2D eigenvalue weighted by molar-refractivity contribution is -0.137. The van der Waals surface area contributed by atoms with Crippen LogP contribution in [0.2, 0.25) is 0 Å². The van der Waals surface area contributed by atoms with Gasteiger partial charge in [0, 0.05) is 20.0 Å². The van der Waals surface area contributed by atoms with Crippen molar-refractivity contribution in [3.05, 3.63) is 53.4 Å². The number of allylic oxidation sites excluding steroid dienone is 3. The van der Waals surface area contributed by atoms with E-state index in [1.807, 2.05) is 0 Å². The van der Waals surface area contributed by atoms with Crippen molar-refractivity contribution < 1.29 is 23.4 Å². The van der Waals surface area contributed by atoms with Crippen molar-refractivity contribution in [1.82, 2.24) is 0 Å². The van der Waals surface area contributed by atoms with E-state index in [2.05, 4.69) is 11.7 Å². The predicted molar refractivity (Wildman–Crippen MR) is 110 cm³/mol. The molecule has 29 heavy (non-hydrogen) atoms. The molecule has 0 spiro atoms. The zero-order valence-electron chi connectivity index (χ0n) is 16.7. The second-order valence-electron chi connectivity index (χ2n) is 7.15. The molecule has 1 aliphatic carbocycles. The zero-order valence-corrected chi connectivity index (χ0v) is 16.7. The minimum Gasteiger partial charge on any atom is -0.481 e. The molecule has 0 atom stereocenters. The second-order valence-corrected chi connectivity index (χ2v) is 7.15. The number of anilines is 1. The van der Waals surface area contributed by atoms with Crippen LogP contribution in [-0.2, 0) is 16.0 Å². The standard InChI is InChI=1S/C22H28F2N2O3/c1-25-20(29-17-9-4-5-10-17)11-6-3-8-16-14-18(23)22(19(24)15-16)26(2)13-7-12-21(27)28/h3,6,11,14-15,17H,1,4-5,7-10,12-13H2,2H3,(H,27,28)/b6-3-,20-11+. The summed E-state index contributed by atoms with van der Waals surface area (Å²) in [6, 6.07) is 2.59. The van der Waals surface area contributed by atoms with Gasteiger partial charge in [-0.25, -0.2) is 13.8 Å². The highest BCUT2D eigenvalue weighted by atomic mass is 19.1. The Kier molecular flexibility index (Phi) is 8.83. The lowest BCUT2D eigenvalue weighted by Gasteiger charge is -2.20. The van der Waals surface area contributed by atoms with Crippen LogP contribution in [0, 0.1) is 11.6 Å². The van der Waals surface area contributed by atoms with Gasteiger partial charge in [-0.3, -0.25) is 4.79 Å². The zero-order chi connectivity index (χ0) is 21.2. The summed E-state index contributed by atoms with van der Waals surface area (Å²) in [5.41, 5.74) is 0.350. The smallest absolute Gasteiger partial charge is 0.303 e. The number of aliphatic imine (C=N–C) groups is 1. The molecule has 0 heterocycles. The summed E-state index contributed by atoms with van der Waals surface area (Å²) in [4.78, 5) is 15.8. The highest BCUT2D eigenvalue weighted by Gasteiger charge is 2.17. The Morgan fingerprint density at radius 1 is 1.34 bits per heavy atom. The molecule has 0 aromatic heterocycles. The van der Waals surface area contributed by atoms with Crippen molar-refractivity contribution in [2.75, 3.05) is 18.5 Å². The Bertz CT molecular complexity index is 748. The maximum Gasteiger partial charge on any atom is 0.303 e. The fourth-order valence-electron chi connectivity index (χ4n) is 3.34. The summed E-state index contributed by atoms with van der Waals surface area (Å²) in [5.74, 6) is -1.82. The molecule has 0 amide bonds. The highest BCUT2D eigenvalue weighted by molar-refractivity contribution is 5.66. The van der Waals surface area contributed by atoms with Crippen LogP contribution in [0.4, 0.5) is 14.5 Å². The number of benzene rings is 1. The summed E-state index contributed by atoms with van der Waals surface area (Å²) in [6.45, 7) is 3.76. The molecule has 0 saturated heterocycles. The molecule has 158 valence electrons. The second kappa shape index (κ2) is 11.3. The summed E-state index contributed by atoms with van der Waals surface area (Å²) in [6.07, 6.45) is 10.4. The lowest BCUT2D eigenvalue weighted by Crippen LogP contribution is -2.22. The first-order valence-corrected chi connectivity index (χ1v) is 9.81. The number of hydrogen-bond acceptors (Lipinski definition) is 4. The third-order valence-electron chi connectivity index (χ3n) is 4.82. The molecule has 1 aromatic rings. The molecule has 0 unspecified atom stereocenters. The molecule has 2 rings (SSSR count). The van der Waals surface area contributed by atoms with Crippen molar-refractivity contribution >= 4 is 18.4 Å². The van der Waals surface area contributed by atoms with E-state index in [0.29, 0.717) is 24.3 Å². The van der Waals surface area contributed by atoms with Crippen LogP contribution in [0.15, 0.2) is 41.2 Å². The Balaban J connectivity index is 1.95. The molecule has 7 heteroatoms. The summed E-state index contributed by atoms with van der Waals surface area (Å²) in [5, 5.41) is 8.67. The van der Waals surface area contributed by atoms with Gasteiger partial charge in [0.25, 0.3) is 0 Å². The van der Waals surface area contributed by atoms with Gasteiger partial charge in [-0.1, -0.05) is 12.2 Å². The molecule has 0 aliphatic heterocycles. The fourth-order valence-corrected chi connectivity index (χ4v) is 3.34. The van der Waals surface area contributed by atoms with Crippen LogP contribution in [0.25, 0.3) is 0 Å². The number of nitrogens with zero attached hydrogens (tertiary/aromatic N) is 2. The van der Waals surface area contributed by atoms with Gasteiger partial charge in [-0.05, 0) is 69.0 Å². The van der Waals surface area contributed by atoms with Crippen molar-refractivity contribution in [2.24, 2.45) is 4.99 Å². The van der Waals surface area contributed by atoms with Gasteiger partial charge in [-0.15, -0.1) is 0 Å². The number of halogens is 2. The Labute approximate surface area is 170 Å². The molecule has 1 saturated carbocycles. The number of carboxylic acids is 1. The molecular weight excluding hydrogens is 378 g/mol. The molecule has 1 aromatic carbocycles. The molecule has 1 aliphatic rings. The summed E-state index contributed by atoms with van der Waals surface area (Å²) >= 11 is 0. The predicted octanol–water partition coefficient (Wildman–Crippen LogP) is 4.87. The first-order chi connectivity index (χ1) is 13.9. The Morgan fingerprint density at radius 3 is 2.59 bits per heavy atom. The minimum atomic E-state index is -0.931. The van der Waals surface area contributed by atoms with E-state index in [0.717, 1.165) is 25.7 Å². The van der Waals surface area contributed by atoms with Gasteiger partial charge in [0.1, 0.15) is 23.4 Å². The van der Waals surface area contributed by atoms with E-state index in [4.69, 9.17) is 9.84 Å². The van der Waals surface area contributed by atoms with E-state index in [9.17, 15) is 13.6 Å². The van der Waals surface area contributed by atoms with Crippen molar-refractivity contribution in [2.45, 2.75) is 51.0 Å². The van der Waals surface area contributed by atoms with Crippen molar-refractivity contribution in [1.29, 1.82) is 0 Å². The maximum absolute atomic E-state index is 14.4. The van der Waals surface area contributed by atoms with Crippen LogP contribution < -0.4 is 4.90 Å². The van der Waals surface area contributed by atoms with Gasteiger partial charge in [0.2, 0.25) is 5.88 Å². The first kappa shape index (κ1) is 22.6. The van der Waals surface area contributed by atoms with E-state index in [1.54, 1.807) is 25.3 Å². The highest BCUT2D eigenvalue weighted by Crippen LogP contribution is 2.25. The number of carbonyl (C=O) groups is 1. The lowest BCUT2D eigenvalue weighted by atomic mass is 10.1. The van der Waals surface area contributed by atoms with Crippen LogP contribution in [0.1, 0.15) is 44.1 Å². The largest absolute Gasteiger partial charge is 0.481 e. The van der Waals surface area contributed by atoms with Gasteiger partial charge >= 0.3 is 5.97 Å². The average molecular weight is 406 g/mol. The van der Waals surface area contributed by atoms with Gasteiger partial charge in [-0.2, -0.15) is 0 Å². The molecule has 0 radical (unpaired) electrons. The molecule has 1 N–H and O–H groups in total. The molecule has 1 fully saturated rings. The quantitative estimate of drug-likeness (QED) is 0.324. The van der Waals surface area contributed by atoms with Gasteiger partial charge in [0.05, 0.1) is 0 Å². The van der Waals surface area contributed by atoms with Gasteiger partial charge < -0.3 is 14.7 Å². The topological polar surface area (TPSA) is 62.1 Å².